The third-order valence-electron chi connectivity index (χ3n) is 4.15. The number of hydrogen-bond acceptors (Lipinski definition) is 4. The van der Waals surface area contributed by atoms with E-state index in [1.54, 1.807) is 18.4 Å². The number of aromatic nitrogens is 4. The van der Waals surface area contributed by atoms with Crippen LogP contribution < -0.4 is 11.2 Å². The summed E-state index contributed by atoms with van der Waals surface area (Å²) in [6, 6.07) is 2.14. The summed E-state index contributed by atoms with van der Waals surface area (Å²) in [4.78, 5) is 34.9. The number of thiophene rings is 1. The number of aryl methyl sites for hydroxylation is 2. The van der Waals surface area contributed by atoms with Gasteiger partial charge in [-0.05, 0) is 36.3 Å². The van der Waals surface area contributed by atoms with Crippen molar-refractivity contribution in [3.05, 3.63) is 48.5 Å². The fraction of sp³-hybridized carbons (Fsp3) is 0.357. The molecule has 0 aromatic carbocycles. The lowest BCUT2D eigenvalue weighted by atomic mass is 9.87. The topological polar surface area (TPSA) is 83.5 Å². The molecule has 1 atom stereocenters. The molecule has 0 aliphatic heterocycles. The number of H-pyrrole nitrogens is 2. The molecule has 4 rings (SSSR count). The molecule has 3 heterocycles. The molecule has 3 aromatic heterocycles. The van der Waals surface area contributed by atoms with Crippen LogP contribution in [0.3, 0.4) is 0 Å². The molecule has 3 aromatic rings. The number of imidazole rings is 1. The van der Waals surface area contributed by atoms with E-state index in [0.29, 0.717) is 11.2 Å². The molecular formula is C14H14N4O2S. The van der Waals surface area contributed by atoms with Crippen LogP contribution in [0.15, 0.2) is 21.0 Å². The van der Waals surface area contributed by atoms with Crippen molar-refractivity contribution in [1.82, 2.24) is 19.5 Å². The first-order valence-corrected chi connectivity index (χ1v) is 7.78. The van der Waals surface area contributed by atoms with Crippen molar-refractivity contribution in [3.8, 4) is 0 Å². The second-order valence-electron chi connectivity index (χ2n) is 5.38. The number of hydrogen-bond donors (Lipinski definition) is 2. The van der Waals surface area contributed by atoms with Crippen LogP contribution in [0.25, 0.3) is 11.2 Å². The van der Waals surface area contributed by atoms with E-state index in [1.165, 1.54) is 15.0 Å². The highest BCUT2D eigenvalue weighted by molar-refractivity contribution is 7.10. The first-order valence-electron chi connectivity index (χ1n) is 6.90. The average molecular weight is 302 g/mol. The maximum atomic E-state index is 11.9. The SMILES string of the molecule is Cn1c(=O)[nH]c(=O)c2[nH]c(C3CCCc4sccc43)nc21. The Kier molecular flexibility index (Phi) is 2.65. The molecule has 0 saturated heterocycles. The largest absolute Gasteiger partial charge is 0.336 e. The third-order valence-corrected chi connectivity index (χ3v) is 5.15. The van der Waals surface area contributed by atoms with Crippen LogP contribution >= 0.6 is 11.3 Å². The predicted molar refractivity (Wildman–Crippen MR) is 81.1 cm³/mol. The summed E-state index contributed by atoms with van der Waals surface area (Å²) in [5, 5.41) is 2.11. The van der Waals surface area contributed by atoms with Gasteiger partial charge in [0, 0.05) is 17.8 Å². The normalized spacial score (nSPS) is 18.0. The van der Waals surface area contributed by atoms with Crippen LogP contribution in [0.1, 0.15) is 35.0 Å². The van der Waals surface area contributed by atoms with E-state index in [1.807, 2.05) is 0 Å². The molecule has 0 fully saturated rings. The summed E-state index contributed by atoms with van der Waals surface area (Å²) in [5.74, 6) is 0.956. The van der Waals surface area contributed by atoms with Gasteiger partial charge in [-0.1, -0.05) is 0 Å². The Bertz CT molecular complexity index is 946. The van der Waals surface area contributed by atoms with Crippen molar-refractivity contribution < 1.29 is 0 Å². The number of fused-ring (bicyclic) bond motifs is 2. The highest BCUT2D eigenvalue weighted by Crippen LogP contribution is 2.38. The van der Waals surface area contributed by atoms with Gasteiger partial charge in [0.05, 0.1) is 0 Å². The Balaban J connectivity index is 1.94. The molecule has 1 aliphatic carbocycles. The van der Waals surface area contributed by atoms with E-state index < -0.39 is 11.2 Å². The van der Waals surface area contributed by atoms with Crippen LogP contribution in [0.2, 0.25) is 0 Å². The predicted octanol–water partition coefficient (Wildman–Crippen LogP) is 1.48. The first-order chi connectivity index (χ1) is 10.1. The highest BCUT2D eigenvalue weighted by atomic mass is 32.1. The molecule has 0 radical (unpaired) electrons. The summed E-state index contributed by atoms with van der Waals surface area (Å²) in [6.45, 7) is 0. The number of aromatic amines is 2. The Morgan fingerprint density at radius 1 is 1.38 bits per heavy atom. The second-order valence-corrected chi connectivity index (χ2v) is 6.38. The minimum Gasteiger partial charge on any atom is -0.336 e. The molecule has 2 N–H and O–H groups in total. The van der Waals surface area contributed by atoms with Crippen molar-refractivity contribution in [2.75, 3.05) is 0 Å². The van der Waals surface area contributed by atoms with Crippen LogP contribution in [0.5, 0.6) is 0 Å². The maximum Gasteiger partial charge on any atom is 0.329 e. The Morgan fingerprint density at radius 3 is 3.10 bits per heavy atom. The lowest BCUT2D eigenvalue weighted by Gasteiger charge is -2.20. The summed E-state index contributed by atoms with van der Waals surface area (Å²) < 4.78 is 1.37. The van der Waals surface area contributed by atoms with E-state index in [2.05, 4.69) is 26.4 Å². The van der Waals surface area contributed by atoms with Gasteiger partial charge in [0.2, 0.25) is 0 Å². The van der Waals surface area contributed by atoms with Gasteiger partial charge in [0.1, 0.15) is 11.3 Å². The van der Waals surface area contributed by atoms with E-state index >= 15 is 0 Å². The van der Waals surface area contributed by atoms with Gasteiger partial charge in [-0.15, -0.1) is 11.3 Å². The van der Waals surface area contributed by atoms with Crippen molar-refractivity contribution in [3.63, 3.8) is 0 Å². The smallest absolute Gasteiger partial charge is 0.329 e. The van der Waals surface area contributed by atoms with E-state index in [-0.39, 0.29) is 5.92 Å². The summed E-state index contributed by atoms with van der Waals surface area (Å²) >= 11 is 1.77. The minimum atomic E-state index is -0.439. The molecule has 0 amide bonds. The van der Waals surface area contributed by atoms with Crippen molar-refractivity contribution in [2.45, 2.75) is 25.2 Å². The first kappa shape index (κ1) is 12.6. The molecular weight excluding hydrogens is 288 g/mol. The summed E-state index contributed by atoms with van der Waals surface area (Å²) in [5.41, 5.74) is 1.24. The molecule has 0 saturated carbocycles. The van der Waals surface area contributed by atoms with Gasteiger partial charge in [-0.25, -0.2) is 9.78 Å². The van der Waals surface area contributed by atoms with E-state index in [4.69, 9.17) is 0 Å². The van der Waals surface area contributed by atoms with Gasteiger partial charge in [-0.2, -0.15) is 0 Å². The average Bonchev–Trinajstić information content (AvgIpc) is 3.11. The molecule has 1 aliphatic rings. The Morgan fingerprint density at radius 2 is 2.24 bits per heavy atom. The summed E-state index contributed by atoms with van der Waals surface area (Å²) in [7, 11) is 1.61. The minimum absolute atomic E-state index is 0.182. The van der Waals surface area contributed by atoms with Crippen molar-refractivity contribution >= 4 is 22.5 Å². The zero-order valence-corrected chi connectivity index (χ0v) is 12.3. The fourth-order valence-corrected chi connectivity index (χ4v) is 4.05. The standard InChI is InChI=1S/C14H14N4O2S/c1-18-12-10(13(19)17-14(18)20)15-11(16-12)8-3-2-4-9-7(8)5-6-21-9/h5-6,8H,2-4H2,1H3,(H,15,16)(H,17,19,20). The quantitative estimate of drug-likeness (QED) is 0.714. The van der Waals surface area contributed by atoms with Crippen LogP contribution in [0, 0.1) is 0 Å². The zero-order valence-electron chi connectivity index (χ0n) is 11.5. The van der Waals surface area contributed by atoms with Gasteiger partial charge >= 0.3 is 5.69 Å². The fourth-order valence-electron chi connectivity index (χ4n) is 3.06. The van der Waals surface area contributed by atoms with Gasteiger partial charge in [-0.3, -0.25) is 14.3 Å². The van der Waals surface area contributed by atoms with Gasteiger partial charge in [0.25, 0.3) is 5.56 Å². The Hall–Kier alpha value is -2.15. The lowest BCUT2D eigenvalue weighted by Crippen LogP contribution is -2.28. The number of nitrogens with one attached hydrogen (secondary N) is 2. The monoisotopic (exact) mass is 302 g/mol. The molecule has 0 spiro atoms. The number of nitrogens with zero attached hydrogens (tertiary/aromatic N) is 2. The highest BCUT2D eigenvalue weighted by Gasteiger charge is 2.26. The van der Waals surface area contributed by atoms with Crippen LogP contribution in [-0.2, 0) is 13.5 Å². The zero-order chi connectivity index (χ0) is 14.6. The van der Waals surface area contributed by atoms with Crippen LogP contribution in [-0.4, -0.2) is 19.5 Å². The third kappa shape index (κ3) is 1.80. The molecule has 6 nitrogen and oxygen atoms in total. The van der Waals surface area contributed by atoms with Crippen LogP contribution in [0.4, 0.5) is 0 Å². The van der Waals surface area contributed by atoms with E-state index in [0.717, 1.165) is 25.1 Å². The van der Waals surface area contributed by atoms with Crippen molar-refractivity contribution in [1.29, 1.82) is 0 Å². The van der Waals surface area contributed by atoms with Gasteiger partial charge < -0.3 is 4.98 Å². The molecule has 1 unspecified atom stereocenters. The second kappa shape index (κ2) is 4.42. The molecule has 7 heteroatoms. The maximum absolute atomic E-state index is 11.9. The number of rotatable bonds is 1. The molecule has 0 bridgehead atoms. The molecule has 108 valence electrons. The lowest BCUT2D eigenvalue weighted by molar-refractivity contribution is 0.604. The van der Waals surface area contributed by atoms with Gasteiger partial charge in [0.15, 0.2) is 5.65 Å². The summed E-state index contributed by atoms with van der Waals surface area (Å²) in [6.07, 6.45) is 3.24. The molecule has 21 heavy (non-hydrogen) atoms. The van der Waals surface area contributed by atoms with E-state index in [9.17, 15) is 9.59 Å². The van der Waals surface area contributed by atoms with Crippen molar-refractivity contribution in [2.24, 2.45) is 7.05 Å². The Labute approximate surface area is 123 Å².